The van der Waals surface area contributed by atoms with Crippen LogP contribution in [0.5, 0.6) is 5.75 Å². The van der Waals surface area contributed by atoms with E-state index in [1.54, 1.807) is 6.07 Å². The second-order valence-electron chi connectivity index (χ2n) is 8.59. The van der Waals surface area contributed by atoms with E-state index >= 15 is 0 Å². The fraction of sp³-hybridized carbons (Fsp3) is 0.346. The van der Waals surface area contributed by atoms with E-state index in [1.807, 2.05) is 27.3 Å². The number of ether oxygens (including phenoxy) is 1. The second kappa shape index (κ2) is 10.0. The van der Waals surface area contributed by atoms with Gasteiger partial charge in [0.15, 0.2) is 11.6 Å². The quantitative estimate of drug-likeness (QED) is 0.478. The number of hydrogen-bond donors (Lipinski definition) is 0. The predicted molar refractivity (Wildman–Crippen MR) is 127 cm³/mol. The first-order valence-corrected chi connectivity index (χ1v) is 11.9. The second-order valence-corrected chi connectivity index (χ2v) is 9.51. The molecule has 2 aromatic carbocycles. The summed E-state index contributed by atoms with van der Waals surface area (Å²) in [6.07, 6.45) is 0. The van der Waals surface area contributed by atoms with Crippen LogP contribution in [0.2, 0.25) is 0 Å². The number of carbonyl (C=O) groups is 1. The van der Waals surface area contributed by atoms with Crippen LogP contribution in [0.15, 0.2) is 41.8 Å². The van der Waals surface area contributed by atoms with E-state index in [1.165, 1.54) is 23.0 Å². The largest absolute Gasteiger partial charge is 0.489 e. The maximum absolute atomic E-state index is 13.9. The molecule has 1 saturated heterocycles. The van der Waals surface area contributed by atoms with E-state index in [2.05, 4.69) is 26.8 Å². The molecule has 1 amide bonds. The Labute approximate surface area is 197 Å². The highest BCUT2D eigenvalue weighted by atomic mass is 32.1. The topological polar surface area (TPSA) is 32.8 Å². The summed E-state index contributed by atoms with van der Waals surface area (Å²) in [6.45, 7) is 9.28. The molecule has 1 aliphatic rings. The summed E-state index contributed by atoms with van der Waals surface area (Å²) in [5, 5.41) is 1.97. The summed E-state index contributed by atoms with van der Waals surface area (Å²) < 4.78 is 33.4. The van der Waals surface area contributed by atoms with Crippen LogP contribution in [0.3, 0.4) is 0 Å². The molecule has 0 spiro atoms. The fourth-order valence-corrected chi connectivity index (χ4v) is 4.92. The van der Waals surface area contributed by atoms with Crippen molar-refractivity contribution < 1.29 is 18.3 Å². The van der Waals surface area contributed by atoms with Gasteiger partial charge in [-0.2, -0.15) is 0 Å². The molecule has 2 heterocycles. The van der Waals surface area contributed by atoms with Crippen LogP contribution in [-0.2, 0) is 13.2 Å². The Morgan fingerprint density at radius 2 is 1.82 bits per heavy atom. The van der Waals surface area contributed by atoms with E-state index in [-0.39, 0.29) is 5.91 Å². The van der Waals surface area contributed by atoms with E-state index in [4.69, 9.17) is 4.74 Å². The number of piperazine rings is 1. The van der Waals surface area contributed by atoms with Crippen LogP contribution in [0, 0.1) is 32.4 Å². The van der Waals surface area contributed by atoms with Crippen molar-refractivity contribution in [2.45, 2.75) is 33.9 Å². The molecule has 4 rings (SSSR count). The molecule has 4 nitrogen and oxygen atoms in total. The molecule has 174 valence electrons. The molecule has 3 aromatic rings. The Hall–Kier alpha value is -2.77. The zero-order chi connectivity index (χ0) is 23.5. The molecule has 0 bridgehead atoms. The third-order valence-electron chi connectivity index (χ3n) is 6.11. The molecule has 0 aliphatic carbocycles. The molecule has 0 N–H and O–H groups in total. The summed E-state index contributed by atoms with van der Waals surface area (Å²) >= 11 is 1.43. The van der Waals surface area contributed by atoms with Crippen molar-refractivity contribution in [2.24, 2.45) is 0 Å². The Kier molecular flexibility index (Phi) is 7.10. The first kappa shape index (κ1) is 23.4. The molecule has 0 radical (unpaired) electrons. The average Bonchev–Trinajstić information content (AvgIpc) is 3.27. The minimum atomic E-state index is -0.827. The lowest BCUT2D eigenvalue weighted by Crippen LogP contribution is -2.48. The van der Waals surface area contributed by atoms with Crippen LogP contribution in [0.1, 0.15) is 37.5 Å². The Balaban J connectivity index is 1.31. The number of rotatable bonds is 6. The van der Waals surface area contributed by atoms with Gasteiger partial charge in [0, 0.05) is 43.9 Å². The van der Waals surface area contributed by atoms with Crippen molar-refractivity contribution in [3.8, 4) is 5.75 Å². The number of thiophene rings is 1. The lowest BCUT2D eigenvalue weighted by atomic mass is 10.1. The van der Waals surface area contributed by atoms with Crippen molar-refractivity contribution in [3.63, 3.8) is 0 Å². The number of aryl methyl sites for hydroxylation is 2. The maximum Gasteiger partial charge on any atom is 0.264 e. The van der Waals surface area contributed by atoms with Gasteiger partial charge in [-0.1, -0.05) is 18.2 Å². The van der Waals surface area contributed by atoms with Crippen LogP contribution < -0.4 is 4.74 Å². The van der Waals surface area contributed by atoms with Gasteiger partial charge in [-0.05, 0) is 61.0 Å². The maximum atomic E-state index is 13.9. The van der Waals surface area contributed by atoms with E-state index < -0.39 is 11.6 Å². The summed E-state index contributed by atoms with van der Waals surface area (Å²) in [5.41, 5.74) is 4.81. The zero-order valence-corrected chi connectivity index (χ0v) is 20.0. The molecule has 0 unspecified atom stereocenters. The van der Waals surface area contributed by atoms with Crippen LogP contribution >= 0.6 is 11.3 Å². The molecule has 1 fully saturated rings. The molecule has 1 aromatic heterocycles. The van der Waals surface area contributed by atoms with Gasteiger partial charge in [-0.15, -0.1) is 11.3 Å². The van der Waals surface area contributed by atoms with Crippen molar-refractivity contribution >= 4 is 17.2 Å². The summed E-state index contributed by atoms with van der Waals surface area (Å²) in [4.78, 5) is 17.5. The molecule has 0 saturated carbocycles. The van der Waals surface area contributed by atoms with E-state index in [0.717, 1.165) is 28.5 Å². The monoisotopic (exact) mass is 470 g/mol. The number of hydrogen-bond acceptors (Lipinski definition) is 4. The van der Waals surface area contributed by atoms with Crippen molar-refractivity contribution in [2.75, 3.05) is 26.2 Å². The first-order valence-electron chi connectivity index (χ1n) is 11.0. The van der Waals surface area contributed by atoms with Gasteiger partial charge in [-0.3, -0.25) is 9.69 Å². The highest BCUT2D eigenvalue weighted by molar-refractivity contribution is 7.12. The van der Waals surface area contributed by atoms with Gasteiger partial charge in [0.25, 0.3) is 5.91 Å². The Morgan fingerprint density at radius 3 is 2.58 bits per heavy atom. The third kappa shape index (κ3) is 5.42. The van der Waals surface area contributed by atoms with Gasteiger partial charge in [0.1, 0.15) is 12.4 Å². The highest BCUT2D eigenvalue weighted by Gasteiger charge is 2.24. The summed E-state index contributed by atoms with van der Waals surface area (Å²) in [6, 6.07) is 10.3. The van der Waals surface area contributed by atoms with Crippen molar-refractivity contribution in [1.82, 2.24) is 9.80 Å². The van der Waals surface area contributed by atoms with Crippen LogP contribution in [0.25, 0.3) is 0 Å². The Bertz CT molecular complexity index is 1150. The standard InChI is InChI=1S/C26H28F2N2O2S/c1-17-11-18(2)19(3)23(12-17)32-15-20-13-24(33-16-20)26(31)30-9-7-29(8-10-30)14-21-5-4-6-22(27)25(21)28/h4-6,11-13,16H,7-10,14-15H2,1-3H3. The van der Waals surface area contributed by atoms with E-state index in [0.29, 0.717) is 49.8 Å². The lowest BCUT2D eigenvalue weighted by molar-refractivity contribution is 0.0631. The summed E-state index contributed by atoms with van der Waals surface area (Å²) in [5.74, 6) is -0.741. The van der Waals surface area contributed by atoms with Crippen LogP contribution in [-0.4, -0.2) is 41.9 Å². The minimum absolute atomic E-state index is 0.00502. The molecular formula is C26H28F2N2O2S. The first-order chi connectivity index (χ1) is 15.8. The molecule has 33 heavy (non-hydrogen) atoms. The average molecular weight is 471 g/mol. The zero-order valence-electron chi connectivity index (χ0n) is 19.2. The van der Waals surface area contributed by atoms with Gasteiger partial charge < -0.3 is 9.64 Å². The number of carbonyl (C=O) groups excluding carboxylic acids is 1. The third-order valence-corrected chi connectivity index (χ3v) is 7.07. The Morgan fingerprint density at radius 1 is 1.06 bits per heavy atom. The fourth-order valence-electron chi connectivity index (χ4n) is 4.05. The van der Waals surface area contributed by atoms with Gasteiger partial charge >= 0.3 is 0 Å². The van der Waals surface area contributed by atoms with Gasteiger partial charge in [-0.25, -0.2) is 8.78 Å². The van der Waals surface area contributed by atoms with Gasteiger partial charge in [0.2, 0.25) is 0 Å². The minimum Gasteiger partial charge on any atom is -0.489 e. The molecular weight excluding hydrogens is 442 g/mol. The normalized spacial score (nSPS) is 14.5. The molecule has 0 atom stereocenters. The van der Waals surface area contributed by atoms with E-state index in [9.17, 15) is 13.6 Å². The highest BCUT2D eigenvalue weighted by Crippen LogP contribution is 2.26. The smallest absolute Gasteiger partial charge is 0.264 e. The molecule has 1 aliphatic heterocycles. The van der Waals surface area contributed by atoms with Crippen molar-refractivity contribution in [1.29, 1.82) is 0 Å². The lowest BCUT2D eigenvalue weighted by Gasteiger charge is -2.34. The van der Waals surface area contributed by atoms with Gasteiger partial charge in [0.05, 0.1) is 4.88 Å². The SMILES string of the molecule is Cc1cc(C)c(C)c(OCc2csc(C(=O)N3CCN(Cc4cccc(F)c4F)CC3)c2)c1. The predicted octanol–water partition coefficient (Wildman–Crippen LogP) is 5.49. The molecule has 7 heteroatoms. The number of amides is 1. The number of benzene rings is 2. The number of halogens is 2. The van der Waals surface area contributed by atoms with Crippen LogP contribution in [0.4, 0.5) is 8.78 Å². The summed E-state index contributed by atoms with van der Waals surface area (Å²) in [7, 11) is 0. The van der Waals surface area contributed by atoms with Crippen molar-refractivity contribution in [3.05, 3.63) is 86.1 Å². The number of nitrogens with zero attached hydrogens (tertiary/aromatic N) is 2.